The Morgan fingerprint density at radius 3 is 2.53 bits per heavy atom. The third-order valence-electron chi connectivity index (χ3n) is 11.7. The fraction of sp³-hybridized carbons (Fsp3) is 0.571. The Labute approximate surface area is 327 Å². The zero-order valence-corrected chi connectivity index (χ0v) is 33.8. The molecular weight excluding hydrogens is 698 g/mol. The normalized spacial score (nSPS) is 31.1. The van der Waals surface area contributed by atoms with Crippen LogP contribution in [-0.4, -0.2) is 89.9 Å². The van der Waals surface area contributed by atoms with Gasteiger partial charge in [-0.25, -0.2) is 9.18 Å². The SMILES string of the molecule is B[C@@H]1[C@@H](C)C(=O)[C@](C)(F)C(=O)O[C@H](CC)[C@@](C)(OC#C)[C@H](NCCCCn2cc(-c3cccc(N)c3)nn2)[C@@H](Cc2ccccc2)NC[C@H](C)C[C@@]1(C)OC. The minimum atomic E-state index is -2.92. The van der Waals surface area contributed by atoms with E-state index in [4.69, 9.17) is 26.4 Å². The third kappa shape index (κ3) is 10.5. The molecule has 0 radical (unpaired) electrons. The molecule has 0 saturated carbocycles. The van der Waals surface area contributed by atoms with E-state index in [0.29, 0.717) is 38.2 Å². The largest absolute Gasteiger partial charge is 0.455 e. The average Bonchev–Trinajstić information content (AvgIpc) is 3.65. The summed E-state index contributed by atoms with van der Waals surface area (Å²) in [5, 5.41) is 16.2. The van der Waals surface area contributed by atoms with Crippen LogP contribution in [0.5, 0.6) is 0 Å². The number of carbonyl (C=O) groups excluding carboxylic acids is 2. The van der Waals surface area contributed by atoms with Gasteiger partial charge in [-0.3, -0.25) is 9.48 Å². The molecule has 4 rings (SSSR count). The first-order valence-corrected chi connectivity index (χ1v) is 19.5. The van der Waals surface area contributed by atoms with Gasteiger partial charge in [0.1, 0.15) is 25.8 Å². The predicted octanol–water partition coefficient (Wildman–Crippen LogP) is 4.95. The zero-order valence-electron chi connectivity index (χ0n) is 33.8. The molecule has 11 nitrogen and oxygen atoms in total. The van der Waals surface area contributed by atoms with Crippen LogP contribution in [0.3, 0.4) is 0 Å². The number of nitrogens with zero attached hydrogens (tertiary/aromatic N) is 3. The summed E-state index contributed by atoms with van der Waals surface area (Å²) < 4.78 is 36.5. The van der Waals surface area contributed by atoms with Crippen molar-refractivity contribution >= 4 is 25.3 Å². The molecule has 1 aliphatic heterocycles. The van der Waals surface area contributed by atoms with Gasteiger partial charge in [0.05, 0.1) is 17.8 Å². The Morgan fingerprint density at radius 2 is 1.87 bits per heavy atom. The summed E-state index contributed by atoms with van der Waals surface area (Å²) in [4.78, 5) is 27.6. The summed E-state index contributed by atoms with van der Waals surface area (Å²) in [5.41, 5.74) is 4.29. The van der Waals surface area contributed by atoms with Gasteiger partial charge >= 0.3 is 5.97 Å². The molecule has 55 heavy (non-hydrogen) atoms. The van der Waals surface area contributed by atoms with E-state index in [1.807, 2.05) is 75.0 Å². The van der Waals surface area contributed by atoms with Crippen LogP contribution in [0.2, 0.25) is 5.82 Å². The highest BCUT2D eigenvalue weighted by molar-refractivity contribution is 6.17. The maximum atomic E-state index is 16.5. The molecule has 2 aromatic carbocycles. The molecule has 3 aromatic rings. The van der Waals surface area contributed by atoms with Gasteiger partial charge in [0.2, 0.25) is 0 Å². The van der Waals surface area contributed by atoms with Crippen molar-refractivity contribution in [3.05, 3.63) is 66.4 Å². The number of unbranched alkanes of at least 4 members (excludes halogenated alkanes) is 1. The van der Waals surface area contributed by atoms with E-state index in [-0.39, 0.29) is 18.4 Å². The number of ketones is 1. The van der Waals surface area contributed by atoms with Crippen molar-refractivity contribution < 1.29 is 28.2 Å². The molecule has 1 fully saturated rings. The lowest BCUT2D eigenvalue weighted by Gasteiger charge is -2.45. The standard InChI is InChI=1S/C42H60BFN6O5/c1-9-35-42(7,54-10-2)37(46-21-14-15-22-50-27-34(48-49-50)31-19-16-20-32(45)24-31)33(23-30-17-12-11-13-18-30)47-26-28(3)25-40(5,53-8)36(43)29(4)38(51)41(6,44)39(52)55-35/h2,11-13,16-20,24,27-29,33,35-37,46-47H,9,14-15,21-23,25-26,43,45H2,1,3-8H3/t28-,29-,33-,35-,36-,37-,40-,41+,42-/m1/s1. The minimum Gasteiger partial charge on any atom is -0.455 e. The van der Waals surface area contributed by atoms with E-state index < -0.39 is 52.5 Å². The number of cyclic esters (lactones) is 1. The van der Waals surface area contributed by atoms with E-state index in [9.17, 15) is 9.59 Å². The van der Waals surface area contributed by atoms with Crippen LogP contribution in [0.15, 0.2) is 60.8 Å². The molecule has 0 amide bonds. The van der Waals surface area contributed by atoms with Gasteiger partial charge in [0, 0.05) is 36.9 Å². The van der Waals surface area contributed by atoms with E-state index in [2.05, 4.69) is 46.1 Å². The number of rotatable bonds is 12. The molecule has 0 bridgehead atoms. The molecular formula is C42H60BFN6O5. The van der Waals surface area contributed by atoms with E-state index in [0.717, 1.165) is 36.6 Å². The Balaban J connectivity index is 1.68. The van der Waals surface area contributed by atoms with Crippen LogP contribution in [-0.2, 0) is 36.8 Å². The first-order valence-electron chi connectivity index (χ1n) is 19.5. The topological polar surface area (TPSA) is 143 Å². The minimum absolute atomic E-state index is 0.0788. The second-order valence-electron chi connectivity index (χ2n) is 15.8. The summed E-state index contributed by atoms with van der Waals surface area (Å²) >= 11 is 0. The number of aromatic nitrogens is 3. The lowest BCUT2D eigenvalue weighted by Crippen LogP contribution is -2.66. The van der Waals surface area contributed by atoms with E-state index in [1.165, 1.54) is 0 Å². The van der Waals surface area contributed by atoms with Gasteiger partial charge in [-0.05, 0) is 95.4 Å². The number of nitrogens with one attached hydrogen (secondary N) is 2. The van der Waals surface area contributed by atoms with Crippen LogP contribution in [0, 0.1) is 24.4 Å². The number of alkyl halides is 1. The van der Waals surface area contributed by atoms with Gasteiger partial charge in [-0.15, -0.1) is 5.10 Å². The fourth-order valence-electron chi connectivity index (χ4n) is 7.97. The van der Waals surface area contributed by atoms with Crippen molar-refractivity contribution in [2.45, 2.75) is 121 Å². The third-order valence-corrected chi connectivity index (χ3v) is 11.7. The number of methoxy groups -OCH3 is 1. The first-order chi connectivity index (χ1) is 26.1. The van der Waals surface area contributed by atoms with Crippen molar-refractivity contribution in [1.29, 1.82) is 0 Å². The maximum Gasteiger partial charge on any atom is 0.351 e. The summed E-state index contributed by atoms with van der Waals surface area (Å²) in [6.07, 6.45) is 12.1. The quantitative estimate of drug-likeness (QED) is 0.0580. The van der Waals surface area contributed by atoms with E-state index >= 15 is 4.39 Å². The van der Waals surface area contributed by atoms with Crippen molar-refractivity contribution in [2.24, 2.45) is 11.8 Å². The zero-order chi connectivity index (χ0) is 40.4. The van der Waals surface area contributed by atoms with Gasteiger partial charge in [0.25, 0.3) is 5.67 Å². The highest BCUT2D eigenvalue weighted by Crippen LogP contribution is 2.40. The number of benzene rings is 2. The molecule has 0 spiro atoms. The van der Waals surface area contributed by atoms with Crippen molar-refractivity contribution in [3.8, 4) is 23.8 Å². The molecule has 0 aliphatic carbocycles. The van der Waals surface area contributed by atoms with Crippen LogP contribution in [0.4, 0.5) is 10.1 Å². The lowest BCUT2D eigenvalue weighted by atomic mass is 9.62. The molecule has 13 heteroatoms. The highest BCUT2D eigenvalue weighted by Gasteiger charge is 2.54. The van der Waals surface area contributed by atoms with Crippen molar-refractivity contribution in [2.75, 3.05) is 25.9 Å². The predicted molar refractivity (Wildman–Crippen MR) is 216 cm³/mol. The Morgan fingerprint density at radius 1 is 1.15 bits per heavy atom. The molecule has 4 N–H and O–H groups in total. The molecule has 2 heterocycles. The van der Waals surface area contributed by atoms with Crippen molar-refractivity contribution in [3.63, 3.8) is 0 Å². The molecule has 1 aliphatic rings. The number of ether oxygens (including phenoxy) is 3. The van der Waals surface area contributed by atoms with Gasteiger partial charge < -0.3 is 30.6 Å². The number of hydrogen-bond acceptors (Lipinski definition) is 10. The fourth-order valence-corrected chi connectivity index (χ4v) is 7.97. The number of nitrogens with two attached hydrogens (primary N) is 1. The number of terminal acetylenes is 1. The number of halogens is 1. The number of Topliss-reactive ketones (excluding diaryl/α,β-unsaturated/α-hetero) is 1. The van der Waals surface area contributed by atoms with Crippen molar-refractivity contribution in [1.82, 2.24) is 25.6 Å². The average molecular weight is 759 g/mol. The van der Waals surface area contributed by atoms with E-state index in [1.54, 1.807) is 21.0 Å². The maximum absolute atomic E-state index is 16.5. The Kier molecular flexibility index (Phi) is 15.1. The number of esters is 1. The molecule has 0 unspecified atom stereocenters. The molecule has 1 saturated heterocycles. The van der Waals surface area contributed by atoms with Gasteiger partial charge in [-0.1, -0.05) is 74.9 Å². The summed E-state index contributed by atoms with van der Waals surface area (Å²) in [7, 11) is 3.48. The molecule has 298 valence electrons. The van der Waals surface area contributed by atoms with Crippen LogP contribution < -0.4 is 16.4 Å². The van der Waals surface area contributed by atoms with Crippen LogP contribution in [0.1, 0.15) is 72.8 Å². The summed E-state index contributed by atoms with van der Waals surface area (Å²) in [6, 6.07) is 16.8. The monoisotopic (exact) mass is 758 g/mol. The molecule has 9 atom stereocenters. The van der Waals surface area contributed by atoms with Gasteiger partial charge in [0.15, 0.2) is 11.4 Å². The smallest absolute Gasteiger partial charge is 0.351 e. The molecule has 1 aromatic heterocycles. The number of hydrogen-bond donors (Lipinski definition) is 3. The van der Waals surface area contributed by atoms with Gasteiger partial charge in [-0.2, -0.15) is 0 Å². The Bertz CT molecular complexity index is 1750. The van der Waals surface area contributed by atoms with Crippen LogP contribution >= 0.6 is 0 Å². The summed E-state index contributed by atoms with van der Waals surface area (Å²) in [5.74, 6) is -3.29. The summed E-state index contributed by atoms with van der Waals surface area (Å²) in [6.45, 7) is 12.1. The second kappa shape index (κ2) is 19.1. The lowest BCUT2D eigenvalue weighted by molar-refractivity contribution is -0.182. The highest BCUT2D eigenvalue weighted by atomic mass is 19.1. The second-order valence-corrected chi connectivity index (χ2v) is 15.8. The number of carbonyl (C=O) groups is 2. The number of nitrogen functional groups attached to an aromatic ring is 1. The number of aryl methyl sites for hydroxylation is 1. The Hall–Kier alpha value is -4.25. The van der Waals surface area contributed by atoms with Crippen LogP contribution in [0.25, 0.3) is 11.3 Å². The number of anilines is 1. The first kappa shape index (κ1) is 43.5.